The fourth-order valence-corrected chi connectivity index (χ4v) is 1.59. The summed E-state index contributed by atoms with van der Waals surface area (Å²) < 4.78 is 0.951. The zero-order valence-corrected chi connectivity index (χ0v) is 8.91. The maximum Gasteiger partial charge on any atom is 0.214 e. The molecule has 0 spiro atoms. The van der Waals surface area contributed by atoms with Crippen LogP contribution in [0.1, 0.15) is 12.6 Å². The number of primary amides is 1. The number of nitrogens with zero attached hydrogens (tertiary/aromatic N) is 2. The van der Waals surface area contributed by atoms with E-state index < -0.39 is 0 Å². The highest BCUT2D eigenvalue weighted by atomic mass is 32.2. The maximum absolute atomic E-state index is 9.22. The van der Waals surface area contributed by atoms with Crippen molar-refractivity contribution in [3.63, 3.8) is 0 Å². The quantitative estimate of drug-likeness (QED) is 0.714. The van der Waals surface area contributed by atoms with Gasteiger partial charge in [-0.25, -0.2) is 4.98 Å². The molecule has 1 aromatic heterocycles. The molecule has 1 rings (SSSR count). The van der Waals surface area contributed by atoms with E-state index in [1.165, 1.54) is 18.3 Å². The van der Waals surface area contributed by atoms with Crippen LogP contribution in [-0.4, -0.2) is 17.1 Å². The minimum atomic E-state index is -0.333. The number of hydrogen-bond donors (Lipinski definition) is 1. The number of amides is 1. The molecule has 0 aliphatic carbocycles. The van der Waals surface area contributed by atoms with Gasteiger partial charge in [-0.1, -0.05) is 11.8 Å². The van der Waals surface area contributed by atoms with Gasteiger partial charge in [-0.15, -0.1) is 11.3 Å². The summed E-state index contributed by atoms with van der Waals surface area (Å²) in [5.41, 5.74) is 4.99. The first-order chi connectivity index (χ1) is 6.10. The largest absolute Gasteiger partial charge is 0.370 e. The second kappa shape index (κ2) is 6.46. The molecule has 0 aromatic carbocycles. The standard InChI is InChI=1S/C5H4N2S2.C2H5NO/c1-8-5-7-4(2-6)3-9-5;1-2(3)4/h3H,1H3;1H3,(H2,3,4). The third-order valence-corrected chi connectivity index (χ3v) is 2.64. The molecule has 13 heavy (non-hydrogen) atoms. The molecule has 0 saturated heterocycles. The van der Waals surface area contributed by atoms with Crippen LogP contribution in [0.15, 0.2) is 9.72 Å². The number of hydrogen-bond acceptors (Lipinski definition) is 5. The van der Waals surface area contributed by atoms with Crippen LogP contribution in [0.3, 0.4) is 0 Å². The van der Waals surface area contributed by atoms with Crippen LogP contribution in [0, 0.1) is 11.3 Å². The predicted octanol–water partition coefficient (Wildman–Crippen LogP) is 1.23. The van der Waals surface area contributed by atoms with Crippen LogP contribution < -0.4 is 5.73 Å². The monoisotopic (exact) mass is 215 g/mol. The van der Waals surface area contributed by atoms with Crippen molar-refractivity contribution in [2.45, 2.75) is 11.3 Å². The average Bonchev–Trinajstić information content (AvgIpc) is 2.50. The molecule has 70 valence electrons. The zero-order valence-electron chi connectivity index (χ0n) is 7.27. The van der Waals surface area contributed by atoms with E-state index in [0.29, 0.717) is 5.69 Å². The molecule has 0 atom stereocenters. The van der Waals surface area contributed by atoms with E-state index in [4.69, 9.17) is 5.26 Å². The number of nitrogens with two attached hydrogens (primary N) is 1. The highest BCUT2D eigenvalue weighted by Crippen LogP contribution is 2.18. The average molecular weight is 215 g/mol. The van der Waals surface area contributed by atoms with Crippen LogP contribution >= 0.6 is 23.1 Å². The van der Waals surface area contributed by atoms with Crippen LogP contribution in [0.25, 0.3) is 0 Å². The number of nitriles is 1. The summed E-state index contributed by atoms with van der Waals surface area (Å²) in [6, 6.07) is 1.97. The van der Waals surface area contributed by atoms with Crippen molar-refractivity contribution < 1.29 is 4.79 Å². The molecular weight excluding hydrogens is 206 g/mol. The van der Waals surface area contributed by atoms with E-state index >= 15 is 0 Å². The normalized spacial score (nSPS) is 8.08. The number of carbonyl (C=O) groups is 1. The summed E-state index contributed by atoms with van der Waals surface area (Å²) in [6.07, 6.45) is 1.94. The van der Waals surface area contributed by atoms with E-state index in [-0.39, 0.29) is 5.91 Å². The molecule has 0 bridgehead atoms. The fourth-order valence-electron chi connectivity index (χ4n) is 0.402. The number of thiazole rings is 1. The lowest BCUT2D eigenvalue weighted by Gasteiger charge is -1.78. The van der Waals surface area contributed by atoms with Gasteiger partial charge in [0.05, 0.1) is 0 Å². The van der Waals surface area contributed by atoms with Gasteiger partial charge >= 0.3 is 0 Å². The fraction of sp³-hybridized carbons (Fsp3) is 0.286. The smallest absolute Gasteiger partial charge is 0.214 e. The number of carbonyl (C=O) groups excluding carboxylic acids is 1. The Morgan fingerprint density at radius 1 is 1.85 bits per heavy atom. The second-order valence-corrected chi connectivity index (χ2v) is 3.84. The van der Waals surface area contributed by atoms with Gasteiger partial charge in [-0.2, -0.15) is 5.26 Å². The van der Waals surface area contributed by atoms with Crippen LogP contribution in [0.5, 0.6) is 0 Å². The lowest BCUT2D eigenvalue weighted by atomic mass is 10.6. The molecule has 0 radical (unpaired) electrons. The van der Waals surface area contributed by atoms with Gasteiger partial charge in [-0.3, -0.25) is 4.79 Å². The SMILES string of the molecule is CC(N)=O.CSc1nc(C#N)cs1. The molecule has 4 nitrogen and oxygen atoms in total. The van der Waals surface area contributed by atoms with Gasteiger partial charge < -0.3 is 5.73 Å². The van der Waals surface area contributed by atoms with Crippen LogP contribution in [0.4, 0.5) is 0 Å². The summed E-state index contributed by atoms with van der Waals surface area (Å²) in [5.74, 6) is -0.333. The van der Waals surface area contributed by atoms with E-state index in [1.807, 2.05) is 12.3 Å². The van der Waals surface area contributed by atoms with E-state index in [9.17, 15) is 4.79 Å². The van der Waals surface area contributed by atoms with E-state index in [1.54, 1.807) is 17.1 Å². The summed E-state index contributed by atoms with van der Waals surface area (Å²) in [7, 11) is 0. The third-order valence-electron chi connectivity index (χ3n) is 0.772. The Balaban J connectivity index is 0.000000310. The lowest BCUT2D eigenvalue weighted by Crippen LogP contribution is -2.01. The first-order valence-corrected chi connectivity index (χ1v) is 5.36. The molecule has 0 unspecified atom stereocenters. The van der Waals surface area contributed by atoms with Gasteiger partial charge in [0.15, 0.2) is 10.0 Å². The Morgan fingerprint density at radius 3 is 2.62 bits per heavy atom. The second-order valence-electron chi connectivity index (χ2n) is 1.93. The first kappa shape index (κ1) is 11.9. The van der Waals surface area contributed by atoms with Crippen LogP contribution in [0.2, 0.25) is 0 Å². The van der Waals surface area contributed by atoms with Gasteiger partial charge in [0.2, 0.25) is 5.91 Å². The molecule has 0 aliphatic heterocycles. The van der Waals surface area contributed by atoms with Crippen molar-refractivity contribution in [1.29, 1.82) is 5.26 Å². The lowest BCUT2D eigenvalue weighted by molar-refractivity contribution is -0.115. The topological polar surface area (TPSA) is 79.8 Å². The Morgan fingerprint density at radius 2 is 2.38 bits per heavy atom. The third kappa shape index (κ3) is 6.13. The number of thioether (sulfide) groups is 1. The molecule has 1 aromatic rings. The maximum atomic E-state index is 9.22. The molecule has 2 N–H and O–H groups in total. The van der Waals surface area contributed by atoms with Crippen LogP contribution in [-0.2, 0) is 4.79 Å². The Kier molecular flexibility index (Phi) is 5.93. The van der Waals surface area contributed by atoms with Crippen molar-refractivity contribution >= 4 is 29.0 Å². The summed E-state index contributed by atoms with van der Waals surface area (Å²) in [4.78, 5) is 13.2. The number of aromatic nitrogens is 1. The Hall–Kier alpha value is -1.06. The highest BCUT2D eigenvalue weighted by molar-refractivity contribution is 8.00. The van der Waals surface area contributed by atoms with Crippen molar-refractivity contribution in [3.8, 4) is 6.07 Å². The predicted molar refractivity (Wildman–Crippen MR) is 53.5 cm³/mol. The van der Waals surface area contributed by atoms with Gasteiger partial charge in [0.1, 0.15) is 6.07 Å². The molecule has 0 aliphatic rings. The molecule has 1 amide bonds. The molecule has 0 saturated carbocycles. The number of rotatable bonds is 1. The molecular formula is C7H9N3OS2. The zero-order chi connectivity index (χ0) is 10.3. The van der Waals surface area contributed by atoms with Gasteiger partial charge in [-0.05, 0) is 6.26 Å². The summed E-state index contributed by atoms with van der Waals surface area (Å²) >= 11 is 3.06. The Bertz CT molecular complexity index is 312. The van der Waals surface area contributed by atoms with Crippen molar-refractivity contribution in [1.82, 2.24) is 4.98 Å². The molecule has 1 heterocycles. The summed E-state index contributed by atoms with van der Waals surface area (Å²) in [6.45, 7) is 1.31. The van der Waals surface area contributed by atoms with Gasteiger partial charge in [0.25, 0.3) is 0 Å². The van der Waals surface area contributed by atoms with E-state index in [0.717, 1.165) is 4.34 Å². The van der Waals surface area contributed by atoms with Gasteiger partial charge in [0, 0.05) is 12.3 Å². The van der Waals surface area contributed by atoms with E-state index in [2.05, 4.69) is 10.7 Å². The van der Waals surface area contributed by atoms with Crippen molar-refractivity contribution in [2.75, 3.05) is 6.26 Å². The van der Waals surface area contributed by atoms with Crippen molar-refractivity contribution in [2.24, 2.45) is 5.73 Å². The first-order valence-electron chi connectivity index (χ1n) is 3.25. The molecule has 6 heteroatoms. The van der Waals surface area contributed by atoms with Crippen molar-refractivity contribution in [3.05, 3.63) is 11.1 Å². The summed E-state index contributed by atoms with van der Waals surface area (Å²) in [5, 5.41) is 10.1. The Labute approximate surface area is 84.8 Å². The highest BCUT2D eigenvalue weighted by Gasteiger charge is 1.96. The molecule has 0 fully saturated rings. The minimum Gasteiger partial charge on any atom is -0.370 e. The minimum absolute atomic E-state index is 0.333.